The van der Waals surface area contributed by atoms with E-state index in [-0.39, 0.29) is 0 Å². The van der Waals surface area contributed by atoms with Crippen LogP contribution in [0.25, 0.3) is 0 Å². The molecule has 17 heavy (non-hydrogen) atoms. The monoisotopic (exact) mass is 233 g/mol. The summed E-state index contributed by atoms with van der Waals surface area (Å²) < 4.78 is 0. The van der Waals surface area contributed by atoms with Crippen LogP contribution in [-0.4, -0.2) is 29.5 Å². The van der Waals surface area contributed by atoms with Gasteiger partial charge in [0, 0.05) is 19.3 Å². The molecule has 3 heteroatoms. The van der Waals surface area contributed by atoms with Crippen molar-refractivity contribution in [1.29, 1.82) is 0 Å². The highest BCUT2D eigenvalue weighted by molar-refractivity contribution is 5.35. The number of piperidine rings is 1. The fraction of sp³-hybridized carbons (Fsp3) is 0.643. The van der Waals surface area contributed by atoms with Crippen LogP contribution < -0.4 is 5.32 Å². The fourth-order valence-corrected chi connectivity index (χ4v) is 2.25. The number of rotatable bonds is 5. The van der Waals surface area contributed by atoms with Gasteiger partial charge in [-0.15, -0.1) is 0 Å². The van der Waals surface area contributed by atoms with Gasteiger partial charge in [-0.1, -0.05) is 19.4 Å². The zero-order valence-corrected chi connectivity index (χ0v) is 10.8. The lowest BCUT2D eigenvalue weighted by molar-refractivity contribution is 0.220. The second-order valence-corrected chi connectivity index (χ2v) is 4.82. The number of likely N-dealkylation sites (tertiary alicyclic amines) is 1. The molecule has 0 atom stereocenters. The smallest absolute Gasteiger partial charge is 0.125 e. The van der Waals surface area contributed by atoms with Crippen molar-refractivity contribution in [1.82, 2.24) is 9.88 Å². The van der Waals surface area contributed by atoms with E-state index in [0.717, 1.165) is 25.3 Å². The minimum atomic E-state index is 0.995. The highest BCUT2D eigenvalue weighted by Gasteiger charge is 2.10. The average Bonchev–Trinajstić information content (AvgIpc) is 2.39. The molecule has 1 aliphatic rings. The Morgan fingerprint density at radius 1 is 1.24 bits per heavy atom. The molecule has 2 heterocycles. The van der Waals surface area contributed by atoms with Gasteiger partial charge in [0.25, 0.3) is 0 Å². The number of aromatic nitrogens is 1. The number of nitrogens with one attached hydrogen (secondary N) is 1. The molecule has 2 rings (SSSR count). The van der Waals surface area contributed by atoms with Crippen LogP contribution in [0, 0.1) is 0 Å². The summed E-state index contributed by atoms with van der Waals surface area (Å²) in [5.41, 5.74) is 1.33. The number of nitrogens with zero attached hydrogens (tertiary/aromatic N) is 2. The van der Waals surface area contributed by atoms with Crippen LogP contribution in [0.15, 0.2) is 18.3 Å². The molecule has 0 radical (unpaired) electrons. The standard InChI is InChI=1S/C14H23N3/c1-2-8-15-14-7-6-13(11-16-14)12-17-9-4-3-5-10-17/h6-7,11H,2-5,8-10,12H2,1H3,(H,15,16). The van der Waals surface area contributed by atoms with Gasteiger partial charge in [-0.3, -0.25) is 4.90 Å². The Kier molecular flexibility index (Phi) is 4.80. The van der Waals surface area contributed by atoms with Crippen LogP contribution in [0.5, 0.6) is 0 Å². The Hall–Kier alpha value is -1.09. The van der Waals surface area contributed by atoms with Crippen molar-refractivity contribution in [2.45, 2.75) is 39.2 Å². The van der Waals surface area contributed by atoms with E-state index < -0.39 is 0 Å². The molecule has 0 aromatic carbocycles. The number of anilines is 1. The van der Waals surface area contributed by atoms with Crippen molar-refractivity contribution in [2.24, 2.45) is 0 Å². The third-order valence-electron chi connectivity index (χ3n) is 3.24. The van der Waals surface area contributed by atoms with Gasteiger partial charge in [0.05, 0.1) is 0 Å². The Morgan fingerprint density at radius 3 is 2.71 bits per heavy atom. The molecule has 1 aromatic rings. The molecular formula is C14H23N3. The molecule has 1 saturated heterocycles. The maximum Gasteiger partial charge on any atom is 0.125 e. The maximum absolute atomic E-state index is 4.44. The molecule has 0 amide bonds. The second kappa shape index (κ2) is 6.60. The summed E-state index contributed by atoms with van der Waals surface area (Å²) >= 11 is 0. The van der Waals surface area contributed by atoms with Crippen LogP contribution in [0.1, 0.15) is 38.2 Å². The lowest BCUT2D eigenvalue weighted by Gasteiger charge is -2.26. The minimum absolute atomic E-state index is 0.995. The molecule has 1 aliphatic heterocycles. The molecular weight excluding hydrogens is 210 g/mol. The van der Waals surface area contributed by atoms with Crippen molar-refractivity contribution in [3.63, 3.8) is 0 Å². The normalized spacial score (nSPS) is 17.0. The third-order valence-corrected chi connectivity index (χ3v) is 3.24. The summed E-state index contributed by atoms with van der Waals surface area (Å²) in [6.45, 7) is 6.71. The molecule has 0 saturated carbocycles. The first-order valence-electron chi connectivity index (χ1n) is 6.79. The van der Waals surface area contributed by atoms with Crippen molar-refractivity contribution in [3.8, 4) is 0 Å². The number of hydrogen-bond acceptors (Lipinski definition) is 3. The molecule has 94 valence electrons. The van der Waals surface area contributed by atoms with Crippen LogP contribution in [0.3, 0.4) is 0 Å². The van der Waals surface area contributed by atoms with Gasteiger partial charge in [-0.25, -0.2) is 4.98 Å². The van der Waals surface area contributed by atoms with Gasteiger partial charge in [0.1, 0.15) is 5.82 Å². The van der Waals surface area contributed by atoms with E-state index in [4.69, 9.17) is 0 Å². The van der Waals surface area contributed by atoms with Gasteiger partial charge in [0.2, 0.25) is 0 Å². The number of pyridine rings is 1. The summed E-state index contributed by atoms with van der Waals surface area (Å²) in [6, 6.07) is 4.29. The molecule has 1 N–H and O–H groups in total. The summed E-state index contributed by atoms with van der Waals surface area (Å²) in [7, 11) is 0. The van der Waals surface area contributed by atoms with Crippen molar-refractivity contribution < 1.29 is 0 Å². The molecule has 0 spiro atoms. The van der Waals surface area contributed by atoms with Crippen LogP contribution in [0.2, 0.25) is 0 Å². The van der Waals surface area contributed by atoms with Crippen LogP contribution >= 0.6 is 0 Å². The highest BCUT2D eigenvalue weighted by atomic mass is 15.1. The zero-order chi connectivity index (χ0) is 11.9. The summed E-state index contributed by atoms with van der Waals surface area (Å²) in [4.78, 5) is 6.97. The molecule has 0 bridgehead atoms. The quantitative estimate of drug-likeness (QED) is 0.847. The van der Waals surface area contributed by atoms with E-state index in [1.165, 1.54) is 37.9 Å². The lowest BCUT2D eigenvalue weighted by Crippen LogP contribution is -2.29. The summed E-state index contributed by atoms with van der Waals surface area (Å²) in [5.74, 6) is 0.995. The Labute approximate surface area is 104 Å². The summed E-state index contributed by atoms with van der Waals surface area (Å²) in [5, 5.41) is 3.30. The zero-order valence-electron chi connectivity index (χ0n) is 10.8. The SMILES string of the molecule is CCCNc1ccc(CN2CCCCC2)cn1. The van der Waals surface area contributed by atoms with Crippen LogP contribution in [-0.2, 0) is 6.54 Å². The third kappa shape index (κ3) is 4.00. The van der Waals surface area contributed by atoms with Gasteiger partial charge in [-0.05, 0) is 44.0 Å². The topological polar surface area (TPSA) is 28.2 Å². The van der Waals surface area contributed by atoms with E-state index in [1.807, 2.05) is 6.20 Å². The predicted octanol–water partition coefficient (Wildman–Crippen LogP) is 2.89. The molecule has 0 aliphatic carbocycles. The van der Waals surface area contributed by atoms with E-state index >= 15 is 0 Å². The largest absolute Gasteiger partial charge is 0.370 e. The lowest BCUT2D eigenvalue weighted by atomic mass is 10.1. The average molecular weight is 233 g/mol. The van der Waals surface area contributed by atoms with Gasteiger partial charge in [0.15, 0.2) is 0 Å². The summed E-state index contributed by atoms with van der Waals surface area (Å²) in [6.07, 6.45) is 7.24. The molecule has 0 unspecified atom stereocenters. The van der Waals surface area contributed by atoms with Gasteiger partial charge in [-0.2, -0.15) is 0 Å². The van der Waals surface area contributed by atoms with E-state index in [2.05, 4.69) is 34.3 Å². The molecule has 1 aromatic heterocycles. The van der Waals surface area contributed by atoms with Crippen LogP contribution in [0.4, 0.5) is 5.82 Å². The van der Waals surface area contributed by atoms with Crippen molar-refractivity contribution in [2.75, 3.05) is 25.0 Å². The van der Waals surface area contributed by atoms with Crippen molar-refractivity contribution in [3.05, 3.63) is 23.9 Å². The maximum atomic E-state index is 4.44. The minimum Gasteiger partial charge on any atom is -0.370 e. The van der Waals surface area contributed by atoms with Gasteiger partial charge >= 0.3 is 0 Å². The van der Waals surface area contributed by atoms with E-state index in [0.29, 0.717) is 0 Å². The van der Waals surface area contributed by atoms with Gasteiger partial charge < -0.3 is 5.32 Å². The fourth-order valence-electron chi connectivity index (χ4n) is 2.25. The first-order valence-corrected chi connectivity index (χ1v) is 6.79. The Morgan fingerprint density at radius 2 is 2.06 bits per heavy atom. The highest BCUT2D eigenvalue weighted by Crippen LogP contribution is 2.13. The van der Waals surface area contributed by atoms with Crippen molar-refractivity contribution >= 4 is 5.82 Å². The Balaban J connectivity index is 1.84. The predicted molar refractivity (Wildman–Crippen MR) is 72.1 cm³/mol. The molecule has 1 fully saturated rings. The first kappa shape index (κ1) is 12.4. The Bertz CT molecular complexity index is 315. The second-order valence-electron chi connectivity index (χ2n) is 4.82. The van der Waals surface area contributed by atoms with E-state index in [1.54, 1.807) is 0 Å². The number of hydrogen-bond donors (Lipinski definition) is 1. The molecule has 3 nitrogen and oxygen atoms in total. The first-order chi connectivity index (χ1) is 8.38. The van der Waals surface area contributed by atoms with E-state index in [9.17, 15) is 0 Å².